The van der Waals surface area contributed by atoms with Gasteiger partial charge in [0.2, 0.25) is 5.78 Å². The first-order valence-electron chi connectivity index (χ1n) is 4.33. The number of benzene rings is 1. The van der Waals surface area contributed by atoms with E-state index in [-0.39, 0.29) is 5.78 Å². The minimum absolute atomic E-state index is 0.178. The van der Waals surface area contributed by atoms with Gasteiger partial charge in [-0.3, -0.25) is 4.79 Å². The lowest BCUT2D eigenvalue weighted by Crippen LogP contribution is -1.99. The third-order valence-corrected chi connectivity index (χ3v) is 3.62. The summed E-state index contributed by atoms with van der Waals surface area (Å²) in [6, 6.07) is 8.29. The third kappa shape index (κ3) is 2.39. The van der Waals surface area contributed by atoms with Crippen molar-refractivity contribution in [3.8, 4) is 0 Å². The first-order chi connectivity index (χ1) is 7.58. The molecule has 0 saturated heterocycles. The minimum Gasteiger partial charge on any atom is -0.446 e. The molecule has 82 valence electrons. The quantitative estimate of drug-likeness (QED) is 0.724. The number of halogens is 3. The second-order valence-electron chi connectivity index (χ2n) is 3.06. The summed E-state index contributed by atoms with van der Waals surface area (Å²) in [6.07, 6.45) is 0. The number of furan rings is 1. The molecule has 0 aliphatic heterocycles. The van der Waals surface area contributed by atoms with Crippen LogP contribution in [-0.4, -0.2) is 5.78 Å². The fourth-order valence-electron chi connectivity index (χ4n) is 1.22. The molecule has 2 rings (SSSR count). The Hall–Kier alpha value is -0.580. The molecule has 2 nitrogen and oxygen atoms in total. The van der Waals surface area contributed by atoms with Crippen LogP contribution in [0.3, 0.4) is 0 Å². The van der Waals surface area contributed by atoms with Gasteiger partial charge in [0.15, 0.2) is 10.4 Å². The molecule has 0 unspecified atom stereocenters. The highest BCUT2D eigenvalue weighted by molar-refractivity contribution is 9.10. The van der Waals surface area contributed by atoms with Gasteiger partial charge in [-0.15, -0.1) is 0 Å². The second-order valence-corrected chi connectivity index (χ2v) is 5.10. The summed E-state index contributed by atoms with van der Waals surface area (Å²) in [4.78, 5) is 11.9. The molecule has 0 aliphatic rings. The first-order valence-corrected chi connectivity index (χ1v) is 6.29. The van der Waals surface area contributed by atoms with Gasteiger partial charge in [0, 0.05) is 10.0 Å². The van der Waals surface area contributed by atoms with Crippen LogP contribution in [0.2, 0.25) is 5.02 Å². The van der Waals surface area contributed by atoms with Crippen LogP contribution in [0.15, 0.2) is 43.9 Å². The molecule has 1 heterocycles. The number of hydrogen-bond donors (Lipinski definition) is 0. The molecule has 16 heavy (non-hydrogen) atoms. The highest BCUT2D eigenvalue weighted by atomic mass is 79.9. The summed E-state index contributed by atoms with van der Waals surface area (Å²) in [5.41, 5.74) is 0.526. The van der Waals surface area contributed by atoms with Crippen LogP contribution in [0, 0.1) is 0 Å². The maximum Gasteiger partial charge on any atom is 0.228 e. The van der Waals surface area contributed by atoms with Crippen LogP contribution in [-0.2, 0) is 0 Å². The van der Waals surface area contributed by atoms with Crippen LogP contribution in [0.25, 0.3) is 0 Å². The fraction of sp³-hybridized carbons (Fsp3) is 0. The van der Waals surface area contributed by atoms with Crippen LogP contribution in [0.1, 0.15) is 16.1 Å². The molecule has 0 fully saturated rings. The molecule has 5 heteroatoms. The fourth-order valence-corrected chi connectivity index (χ4v) is 2.02. The SMILES string of the molecule is O=C(c1ccc(Cl)c(Br)c1)c1ccc(Br)o1. The number of rotatable bonds is 2. The molecule has 0 saturated carbocycles. The van der Waals surface area contributed by atoms with E-state index in [4.69, 9.17) is 16.0 Å². The van der Waals surface area contributed by atoms with E-state index in [9.17, 15) is 4.79 Å². The lowest BCUT2D eigenvalue weighted by Gasteiger charge is -2.00. The Kier molecular flexibility index (Phi) is 3.52. The summed E-state index contributed by atoms with van der Waals surface area (Å²) in [5.74, 6) is 0.115. The Morgan fingerprint density at radius 3 is 2.50 bits per heavy atom. The summed E-state index contributed by atoms with van der Waals surface area (Å²) in [7, 11) is 0. The van der Waals surface area contributed by atoms with Crippen molar-refractivity contribution in [1.29, 1.82) is 0 Å². The maximum atomic E-state index is 11.9. The van der Waals surface area contributed by atoms with E-state index < -0.39 is 0 Å². The van der Waals surface area contributed by atoms with E-state index in [1.807, 2.05) is 0 Å². The van der Waals surface area contributed by atoms with Gasteiger partial charge < -0.3 is 4.42 Å². The van der Waals surface area contributed by atoms with Crippen molar-refractivity contribution in [2.45, 2.75) is 0 Å². The van der Waals surface area contributed by atoms with Crippen molar-refractivity contribution in [2.75, 3.05) is 0 Å². The molecule has 0 radical (unpaired) electrons. The van der Waals surface area contributed by atoms with Gasteiger partial charge in [-0.1, -0.05) is 11.6 Å². The minimum atomic E-state index is -0.178. The predicted molar refractivity (Wildman–Crippen MR) is 69.0 cm³/mol. The molecule has 2 aromatic rings. The summed E-state index contributed by atoms with van der Waals surface area (Å²) in [5, 5.41) is 0.567. The van der Waals surface area contributed by atoms with Crippen LogP contribution in [0.4, 0.5) is 0 Å². The molecule has 0 atom stereocenters. The summed E-state index contributed by atoms with van der Waals surface area (Å²) >= 11 is 12.3. The zero-order valence-corrected chi connectivity index (χ0v) is 11.8. The molecular formula is C11H5Br2ClO2. The van der Waals surface area contributed by atoms with Gasteiger partial charge in [-0.2, -0.15) is 0 Å². The van der Waals surface area contributed by atoms with E-state index in [1.54, 1.807) is 30.3 Å². The van der Waals surface area contributed by atoms with Gasteiger partial charge >= 0.3 is 0 Å². The van der Waals surface area contributed by atoms with Gasteiger partial charge in [0.25, 0.3) is 0 Å². The Bertz CT molecular complexity index is 549. The smallest absolute Gasteiger partial charge is 0.228 e. The topological polar surface area (TPSA) is 30.2 Å². The highest BCUT2D eigenvalue weighted by Gasteiger charge is 2.14. The number of carbonyl (C=O) groups excluding carboxylic acids is 1. The van der Waals surface area contributed by atoms with Crippen LogP contribution < -0.4 is 0 Å². The summed E-state index contributed by atoms with van der Waals surface area (Å²) in [6.45, 7) is 0. The van der Waals surface area contributed by atoms with Crippen molar-refractivity contribution in [3.05, 3.63) is 55.8 Å². The van der Waals surface area contributed by atoms with E-state index >= 15 is 0 Å². The maximum absolute atomic E-state index is 11.9. The van der Waals surface area contributed by atoms with Crippen molar-refractivity contribution >= 4 is 49.2 Å². The van der Waals surface area contributed by atoms with E-state index in [2.05, 4.69) is 31.9 Å². The Morgan fingerprint density at radius 2 is 1.94 bits per heavy atom. The lowest BCUT2D eigenvalue weighted by atomic mass is 10.1. The third-order valence-electron chi connectivity index (χ3n) is 1.98. The average Bonchev–Trinajstić information content (AvgIpc) is 2.68. The standard InChI is InChI=1S/C11H5Br2ClO2/c12-7-5-6(1-2-8(7)14)11(15)9-3-4-10(13)16-9/h1-5H. The Balaban J connectivity index is 2.38. The predicted octanol–water partition coefficient (Wildman–Crippen LogP) is 4.69. The number of hydrogen-bond acceptors (Lipinski definition) is 2. The van der Waals surface area contributed by atoms with E-state index in [1.165, 1.54) is 0 Å². The highest BCUT2D eigenvalue weighted by Crippen LogP contribution is 2.25. The molecule has 0 N–H and O–H groups in total. The van der Waals surface area contributed by atoms with Gasteiger partial charge in [-0.05, 0) is 62.2 Å². The van der Waals surface area contributed by atoms with Crippen LogP contribution in [0.5, 0.6) is 0 Å². The van der Waals surface area contributed by atoms with Crippen molar-refractivity contribution < 1.29 is 9.21 Å². The van der Waals surface area contributed by atoms with Crippen molar-refractivity contribution in [2.24, 2.45) is 0 Å². The van der Waals surface area contributed by atoms with E-state index in [0.29, 0.717) is 25.5 Å². The number of ketones is 1. The van der Waals surface area contributed by atoms with Gasteiger partial charge in [0.05, 0.1) is 5.02 Å². The normalized spacial score (nSPS) is 10.4. The Morgan fingerprint density at radius 1 is 1.19 bits per heavy atom. The van der Waals surface area contributed by atoms with Crippen LogP contribution >= 0.6 is 43.5 Å². The molecule has 1 aromatic heterocycles. The van der Waals surface area contributed by atoms with Gasteiger partial charge in [0.1, 0.15) is 0 Å². The molecule has 0 aliphatic carbocycles. The zero-order valence-electron chi connectivity index (χ0n) is 7.84. The molecule has 0 spiro atoms. The monoisotopic (exact) mass is 362 g/mol. The first kappa shape index (κ1) is 11.9. The second kappa shape index (κ2) is 4.73. The largest absolute Gasteiger partial charge is 0.446 e. The molecule has 1 aromatic carbocycles. The van der Waals surface area contributed by atoms with Crippen molar-refractivity contribution in [3.63, 3.8) is 0 Å². The van der Waals surface area contributed by atoms with Gasteiger partial charge in [-0.25, -0.2) is 0 Å². The van der Waals surface area contributed by atoms with E-state index in [0.717, 1.165) is 0 Å². The lowest BCUT2D eigenvalue weighted by molar-refractivity contribution is 0.101. The average molecular weight is 364 g/mol. The molecule has 0 amide bonds. The van der Waals surface area contributed by atoms with Crippen molar-refractivity contribution in [1.82, 2.24) is 0 Å². The summed E-state index contributed by atoms with van der Waals surface area (Å²) < 4.78 is 6.41. The molecular weight excluding hydrogens is 359 g/mol. The number of carbonyl (C=O) groups is 1. The Labute approximate surface area is 114 Å². The zero-order chi connectivity index (χ0) is 11.7. The molecule has 0 bridgehead atoms.